The Balaban J connectivity index is 1.94. The van der Waals surface area contributed by atoms with E-state index in [1.165, 1.54) is 0 Å². The Kier molecular flexibility index (Phi) is 7.59. The van der Waals surface area contributed by atoms with Crippen molar-refractivity contribution in [1.29, 1.82) is 0 Å². The van der Waals surface area contributed by atoms with E-state index in [2.05, 4.69) is 5.32 Å². The number of piperidine rings is 1. The summed E-state index contributed by atoms with van der Waals surface area (Å²) >= 11 is 0. The van der Waals surface area contributed by atoms with Gasteiger partial charge in [-0.3, -0.25) is 14.5 Å². The number of hydrogen-bond acceptors (Lipinski definition) is 6. The molecule has 1 aromatic rings. The number of rotatable bonds is 7. The summed E-state index contributed by atoms with van der Waals surface area (Å²) in [6.45, 7) is 5.56. The number of amides is 1. The zero-order chi connectivity index (χ0) is 18.9. The molecule has 1 aliphatic rings. The highest BCUT2D eigenvalue weighted by Gasteiger charge is 2.28. The van der Waals surface area contributed by atoms with Gasteiger partial charge in [0.2, 0.25) is 5.91 Å². The summed E-state index contributed by atoms with van der Waals surface area (Å²) in [5, 5.41) is 2.77. The second-order valence-electron chi connectivity index (χ2n) is 6.14. The van der Waals surface area contributed by atoms with Crippen LogP contribution >= 0.6 is 0 Å². The summed E-state index contributed by atoms with van der Waals surface area (Å²) in [5.41, 5.74) is 0.751. The molecule has 1 saturated heterocycles. The van der Waals surface area contributed by atoms with Gasteiger partial charge in [-0.05, 0) is 45.4 Å². The summed E-state index contributed by atoms with van der Waals surface area (Å²) in [5.74, 6) is -1.09. The van der Waals surface area contributed by atoms with Gasteiger partial charge in [-0.2, -0.15) is 0 Å². The minimum atomic E-state index is -0.469. The maximum Gasteiger partial charge on any atom is 0.340 e. The summed E-state index contributed by atoms with van der Waals surface area (Å²) in [6.07, 6.45) is 1.62. The second-order valence-corrected chi connectivity index (χ2v) is 6.14. The lowest BCUT2D eigenvalue weighted by molar-refractivity contribution is -0.150. The van der Waals surface area contributed by atoms with Gasteiger partial charge in [0, 0.05) is 6.54 Å². The van der Waals surface area contributed by atoms with Gasteiger partial charge in [-0.15, -0.1) is 0 Å². The first-order valence-corrected chi connectivity index (χ1v) is 9.00. The van der Waals surface area contributed by atoms with Crippen LogP contribution in [-0.4, -0.2) is 55.6 Å². The minimum absolute atomic E-state index is 0.160. The van der Waals surface area contributed by atoms with Gasteiger partial charge in [0.25, 0.3) is 0 Å². The number of benzene rings is 1. The van der Waals surface area contributed by atoms with Crippen molar-refractivity contribution >= 4 is 23.5 Å². The second kappa shape index (κ2) is 9.91. The number of likely N-dealkylation sites (tertiary alicyclic amines) is 1. The highest BCUT2D eigenvalue weighted by molar-refractivity contribution is 6.01. The lowest BCUT2D eigenvalue weighted by Crippen LogP contribution is -2.43. The van der Waals surface area contributed by atoms with Crippen LogP contribution in [0.15, 0.2) is 24.3 Å². The van der Waals surface area contributed by atoms with E-state index in [-0.39, 0.29) is 30.9 Å². The molecule has 1 amide bonds. The molecule has 2 rings (SSSR count). The molecule has 1 N–H and O–H groups in total. The van der Waals surface area contributed by atoms with Crippen LogP contribution in [0.5, 0.6) is 0 Å². The van der Waals surface area contributed by atoms with E-state index in [1.54, 1.807) is 38.1 Å². The maximum absolute atomic E-state index is 12.4. The molecule has 1 fully saturated rings. The zero-order valence-electron chi connectivity index (χ0n) is 15.3. The highest BCUT2D eigenvalue weighted by atomic mass is 16.5. The van der Waals surface area contributed by atoms with Crippen LogP contribution in [0, 0.1) is 5.92 Å². The van der Waals surface area contributed by atoms with Crippen molar-refractivity contribution in [1.82, 2.24) is 4.90 Å². The molecule has 1 aromatic carbocycles. The molecule has 1 heterocycles. The Morgan fingerprint density at radius 1 is 1.15 bits per heavy atom. The standard InChI is InChI=1S/C19H26N2O5/c1-3-25-18(23)14-8-7-11-21(12-14)13-17(22)20-16-10-6-5-9-15(16)19(24)26-4-2/h5-6,9-10,14H,3-4,7-8,11-13H2,1-2H3,(H,20,22)/t14-/m1/s1. The molecule has 1 atom stereocenters. The molecule has 7 nitrogen and oxygen atoms in total. The SMILES string of the molecule is CCOC(=O)c1ccccc1NC(=O)CN1CCC[C@@H](C(=O)OCC)C1. The Labute approximate surface area is 153 Å². The van der Waals surface area contributed by atoms with Crippen molar-refractivity contribution in [2.75, 3.05) is 38.2 Å². The summed E-state index contributed by atoms with van der Waals surface area (Å²) in [7, 11) is 0. The van der Waals surface area contributed by atoms with E-state index in [4.69, 9.17) is 9.47 Å². The van der Waals surface area contributed by atoms with Crippen LogP contribution in [0.3, 0.4) is 0 Å². The average Bonchev–Trinajstić information content (AvgIpc) is 2.62. The number of carbonyl (C=O) groups excluding carboxylic acids is 3. The van der Waals surface area contributed by atoms with Gasteiger partial charge < -0.3 is 14.8 Å². The molecule has 142 valence electrons. The predicted molar refractivity (Wildman–Crippen MR) is 96.8 cm³/mol. The number of esters is 2. The van der Waals surface area contributed by atoms with Crippen LogP contribution in [-0.2, 0) is 19.1 Å². The predicted octanol–water partition coefficient (Wildman–Crippen LogP) is 2.08. The van der Waals surface area contributed by atoms with Gasteiger partial charge in [0.05, 0.1) is 36.9 Å². The Morgan fingerprint density at radius 2 is 1.88 bits per heavy atom. The number of para-hydroxylation sites is 1. The van der Waals surface area contributed by atoms with Crippen LogP contribution in [0.25, 0.3) is 0 Å². The van der Waals surface area contributed by atoms with E-state index in [0.717, 1.165) is 19.4 Å². The third kappa shape index (κ3) is 5.56. The zero-order valence-corrected chi connectivity index (χ0v) is 15.3. The fourth-order valence-electron chi connectivity index (χ4n) is 3.02. The van der Waals surface area contributed by atoms with Gasteiger partial charge in [-0.25, -0.2) is 4.79 Å². The van der Waals surface area contributed by atoms with E-state index in [1.807, 2.05) is 4.90 Å². The smallest absolute Gasteiger partial charge is 0.340 e. The molecule has 26 heavy (non-hydrogen) atoms. The fraction of sp³-hybridized carbons (Fsp3) is 0.526. The van der Waals surface area contributed by atoms with Crippen molar-refractivity contribution in [2.24, 2.45) is 5.92 Å². The third-order valence-electron chi connectivity index (χ3n) is 4.19. The van der Waals surface area contributed by atoms with Crippen molar-refractivity contribution in [3.8, 4) is 0 Å². The lowest BCUT2D eigenvalue weighted by atomic mass is 9.98. The molecule has 0 unspecified atom stereocenters. The number of anilines is 1. The number of hydrogen-bond donors (Lipinski definition) is 1. The molecule has 1 aliphatic heterocycles. The Morgan fingerprint density at radius 3 is 2.62 bits per heavy atom. The van der Waals surface area contributed by atoms with Crippen molar-refractivity contribution in [2.45, 2.75) is 26.7 Å². The van der Waals surface area contributed by atoms with Crippen LogP contribution < -0.4 is 5.32 Å². The maximum atomic E-state index is 12.4. The molecule has 7 heteroatoms. The van der Waals surface area contributed by atoms with Crippen LogP contribution in [0.4, 0.5) is 5.69 Å². The molecule has 0 bridgehead atoms. The first-order valence-electron chi connectivity index (χ1n) is 9.00. The van der Waals surface area contributed by atoms with Gasteiger partial charge in [0.15, 0.2) is 0 Å². The van der Waals surface area contributed by atoms with Crippen LogP contribution in [0.1, 0.15) is 37.0 Å². The molecule has 0 aromatic heterocycles. The lowest BCUT2D eigenvalue weighted by Gasteiger charge is -2.30. The summed E-state index contributed by atoms with van der Waals surface area (Å²) in [6, 6.07) is 6.75. The topological polar surface area (TPSA) is 84.9 Å². The third-order valence-corrected chi connectivity index (χ3v) is 4.19. The molecular weight excluding hydrogens is 336 g/mol. The molecule has 0 saturated carbocycles. The number of nitrogens with zero attached hydrogens (tertiary/aromatic N) is 1. The molecule has 0 spiro atoms. The quantitative estimate of drug-likeness (QED) is 0.748. The van der Waals surface area contributed by atoms with Crippen molar-refractivity contribution < 1.29 is 23.9 Å². The monoisotopic (exact) mass is 362 g/mol. The van der Waals surface area contributed by atoms with Crippen molar-refractivity contribution in [3.63, 3.8) is 0 Å². The number of nitrogens with one attached hydrogen (secondary N) is 1. The van der Waals surface area contributed by atoms with Gasteiger partial charge >= 0.3 is 11.9 Å². The number of ether oxygens (including phenoxy) is 2. The first-order chi connectivity index (χ1) is 12.5. The molecule has 0 aliphatic carbocycles. The Bertz CT molecular complexity index is 647. The van der Waals surface area contributed by atoms with Gasteiger partial charge in [0.1, 0.15) is 0 Å². The number of carbonyl (C=O) groups is 3. The highest BCUT2D eigenvalue weighted by Crippen LogP contribution is 2.19. The minimum Gasteiger partial charge on any atom is -0.466 e. The van der Waals surface area contributed by atoms with E-state index in [9.17, 15) is 14.4 Å². The fourth-order valence-corrected chi connectivity index (χ4v) is 3.02. The van der Waals surface area contributed by atoms with Crippen LogP contribution in [0.2, 0.25) is 0 Å². The van der Waals surface area contributed by atoms with Gasteiger partial charge in [-0.1, -0.05) is 12.1 Å². The van der Waals surface area contributed by atoms with E-state index < -0.39 is 5.97 Å². The summed E-state index contributed by atoms with van der Waals surface area (Å²) < 4.78 is 10.1. The van der Waals surface area contributed by atoms with Crippen molar-refractivity contribution in [3.05, 3.63) is 29.8 Å². The van der Waals surface area contributed by atoms with E-state index in [0.29, 0.717) is 24.4 Å². The Hall–Kier alpha value is -2.41. The molecule has 0 radical (unpaired) electrons. The largest absolute Gasteiger partial charge is 0.466 e. The summed E-state index contributed by atoms with van der Waals surface area (Å²) in [4.78, 5) is 38.2. The van der Waals surface area contributed by atoms with E-state index >= 15 is 0 Å². The molecular formula is C19H26N2O5. The normalized spacial score (nSPS) is 17.4. The average molecular weight is 362 g/mol. The first kappa shape index (κ1) is 19.9.